The largest absolute Gasteiger partial charge is 0.327 e. The van der Waals surface area contributed by atoms with Crippen molar-refractivity contribution in [3.8, 4) is 0 Å². The second-order valence-corrected chi connectivity index (χ2v) is 6.04. The lowest BCUT2D eigenvalue weighted by Gasteiger charge is -2.10. The summed E-state index contributed by atoms with van der Waals surface area (Å²) in [6.07, 6.45) is 4.77. The van der Waals surface area contributed by atoms with Gasteiger partial charge in [-0.1, -0.05) is 6.92 Å². The van der Waals surface area contributed by atoms with Crippen LogP contribution in [0.5, 0.6) is 0 Å². The van der Waals surface area contributed by atoms with Gasteiger partial charge in [0.15, 0.2) is 0 Å². The Kier molecular flexibility index (Phi) is 4.71. The first kappa shape index (κ1) is 14.2. The summed E-state index contributed by atoms with van der Waals surface area (Å²) in [5.74, 6) is 0. The van der Waals surface area contributed by atoms with E-state index in [2.05, 4.69) is 35.4 Å². The molecular formula is C14H22N4S. The topological polar surface area (TPSA) is 56.7 Å². The third-order valence-electron chi connectivity index (χ3n) is 3.28. The van der Waals surface area contributed by atoms with Crippen LogP contribution in [0, 0.1) is 6.92 Å². The average Bonchev–Trinajstić information content (AvgIpc) is 2.98. The summed E-state index contributed by atoms with van der Waals surface area (Å²) in [4.78, 5) is 4.45. The minimum atomic E-state index is 0.0887. The van der Waals surface area contributed by atoms with Crippen LogP contribution in [0.1, 0.15) is 42.7 Å². The Morgan fingerprint density at radius 1 is 1.42 bits per heavy atom. The Morgan fingerprint density at radius 2 is 2.21 bits per heavy atom. The molecule has 2 heterocycles. The minimum absolute atomic E-state index is 0.0887. The third-order valence-corrected chi connectivity index (χ3v) is 4.27. The maximum Gasteiger partial charge on any atom is 0.0943 e. The quantitative estimate of drug-likeness (QED) is 0.884. The fraction of sp³-hybridized carbons (Fsp3) is 0.571. The third kappa shape index (κ3) is 3.88. The van der Waals surface area contributed by atoms with Crippen molar-refractivity contribution in [1.82, 2.24) is 14.8 Å². The normalized spacial score (nSPS) is 14.5. The van der Waals surface area contributed by atoms with Gasteiger partial charge in [-0.15, -0.1) is 11.3 Å². The monoisotopic (exact) mass is 278 g/mol. The van der Waals surface area contributed by atoms with E-state index in [9.17, 15) is 0 Å². The Hall–Kier alpha value is -1.20. The van der Waals surface area contributed by atoms with Crippen molar-refractivity contribution >= 4 is 11.3 Å². The highest BCUT2D eigenvalue weighted by Gasteiger charge is 2.11. The van der Waals surface area contributed by atoms with E-state index >= 15 is 0 Å². The molecule has 4 nitrogen and oxygen atoms in total. The van der Waals surface area contributed by atoms with Gasteiger partial charge in [0.25, 0.3) is 0 Å². The zero-order valence-corrected chi connectivity index (χ0v) is 12.7. The molecule has 0 aliphatic rings. The van der Waals surface area contributed by atoms with Crippen LogP contribution >= 0.6 is 11.3 Å². The van der Waals surface area contributed by atoms with Gasteiger partial charge in [-0.25, -0.2) is 4.98 Å². The van der Waals surface area contributed by atoms with Crippen LogP contribution < -0.4 is 5.73 Å². The molecule has 0 radical (unpaired) electrons. The predicted octanol–water partition coefficient (Wildman–Crippen LogP) is 2.73. The lowest BCUT2D eigenvalue weighted by Crippen LogP contribution is -2.25. The van der Waals surface area contributed by atoms with Gasteiger partial charge in [0.05, 0.1) is 10.7 Å². The number of hydrogen-bond acceptors (Lipinski definition) is 4. The molecule has 0 fully saturated rings. The van der Waals surface area contributed by atoms with Gasteiger partial charge in [-0.3, -0.25) is 4.68 Å². The van der Waals surface area contributed by atoms with Crippen molar-refractivity contribution in [2.24, 2.45) is 5.73 Å². The van der Waals surface area contributed by atoms with E-state index in [0.717, 1.165) is 35.7 Å². The molecule has 2 atom stereocenters. The van der Waals surface area contributed by atoms with Gasteiger partial charge < -0.3 is 5.73 Å². The van der Waals surface area contributed by atoms with Crippen molar-refractivity contribution in [1.29, 1.82) is 0 Å². The Balaban J connectivity index is 1.91. The van der Waals surface area contributed by atoms with E-state index in [-0.39, 0.29) is 6.04 Å². The molecule has 19 heavy (non-hydrogen) atoms. The van der Waals surface area contributed by atoms with Crippen molar-refractivity contribution < 1.29 is 0 Å². The van der Waals surface area contributed by atoms with Gasteiger partial charge in [0.2, 0.25) is 0 Å². The number of nitrogens with zero attached hydrogens (tertiary/aromatic N) is 3. The van der Waals surface area contributed by atoms with Crippen LogP contribution in [-0.4, -0.2) is 20.8 Å². The molecule has 104 valence electrons. The molecule has 2 aromatic rings. The summed E-state index contributed by atoms with van der Waals surface area (Å²) < 4.78 is 2.02. The first-order valence-electron chi connectivity index (χ1n) is 6.79. The first-order chi connectivity index (χ1) is 9.08. The van der Waals surface area contributed by atoms with Crippen LogP contribution in [0.3, 0.4) is 0 Å². The van der Waals surface area contributed by atoms with Gasteiger partial charge in [0, 0.05) is 42.2 Å². The predicted molar refractivity (Wildman–Crippen MR) is 79.5 cm³/mol. The molecule has 2 rings (SSSR count). The standard InChI is InChI=1S/C14H22N4S/c1-4-11(3)18-6-5-13(17-18)7-12(15)8-14-16-10(2)9-19-14/h5-6,9,11-12H,4,7-8,15H2,1-3H3. The van der Waals surface area contributed by atoms with Crippen LogP contribution in [0.25, 0.3) is 0 Å². The Morgan fingerprint density at radius 3 is 2.84 bits per heavy atom. The van der Waals surface area contributed by atoms with Gasteiger partial charge in [0.1, 0.15) is 0 Å². The number of hydrogen-bond donors (Lipinski definition) is 1. The van der Waals surface area contributed by atoms with Crippen molar-refractivity contribution in [3.63, 3.8) is 0 Å². The molecule has 2 N–H and O–H groups in total. The van der Waals surface area contributed by atoms with Crippen LogP contribution in [0.15, 0.2) is 17.6 Å². The molecule has 0 amide bonds. The molecule has 5 heteroatoms. The number of thiazole rings is 1. The lowest BCUT2D eigenvalue weighted by atomic mass is 10.1. The van der Waals surface area contributed by atoms with Crippen LogP contribution in [0.4, 0.5) is 0 Å². The van der Waals surface area contributed by atoms with Crippen LogP contribution in [0.2, 0.25) is 0 Å². The van der Waals surface area contributed by atoms with Crippen LogP contribution in [-0.2, 0) is 12.8 Å². The zero-order valence-electron chi connectivity index (χ0n) is 11.8. The zero-order chi connectivity index (χ0) is 13.8. The molecule has 0 saturated carbocycles. The molecule has 2 aromatic heterocycles. The van der Waals surface area contributed by atoms with E-state index in [4.69, 9.17) is 5.73 Å². The molecule has 0 bridgehead atoms. The number of aryl methyl sites for hydroxylation is 1. The van der Waals surface area contributed by atoms with Crippen molar-refractivity contribution in [3.05, 3.63) is 34.0 Å². The van der Waals surface area contributed by atoms with Gasteiger partial charge in [-0.05, 0) is 26.3 Å². The molecular weight excluding hydrogens is 256 g/mol. The van der Waals surface area contributed by atoms with Gasteiger partial charge >= 0.3 is 0 Å². The Bertz CT molecular complexity index is 517. The second-order valence-electron chi connectivity index (χ2n) is 5.10. The second kappa shape index (κ2) is 6.30. The average molecular weight is 278 g/mol. The van der Waals surface area contributed by atoms with E-state index in [0.29, 0.717) is 6.04 Å². The highest BCUT2D eigenvalue weighted by molar-refractivity contribution is 7.09. The fourth-order valence-electron chi connectivity index (χ4n) is 1.98. The van der Waals surface area contributed by atoms with E-state index in [1.54, 1.807) is 11.3 Å². The number of rotatable bonds is 6. The summed E-state index contributed by atoms with van der Waals surface area (Å²) >= 11 is 1.69. The molecule has 0 aliphatic heterocycles. The molecule has 0 saturated heterocycles. The molecule has 0 aromatic carbocycles. The highest BCUT2D eigenvalue weighted by Crippen LogP contribution is 2.13. The summed E-state index contributed by atoms with van der Waals surface area (Å²) in [5, 5.41) is 7.77. The Labute approximate surface area is 118 Å². The lowest BCUT2D eigenvalue weighted by molar-refractivity contribution is 0.471. The summed E-state index contributed by atoms with van der Waals surface area (Å²) in [5.41, 5.74) is 8.33. The number of aromatic nitrogens is 3. The number of nitrogens with two attached hydrogens (primary N) is 1. The molecule has 2 unspecified atom stereocenters. The van der Waals surface area contributed by atoms with Crippen molar-refractivity contribution in [2.75, 3.05) is 0 Å². The van der Waals surface area contributed by atoms with E-state index in [1.165, 1.54) is 0 Å². The van der Waals surface area contributed by atoms with E-state index < -0.39 is 0 Å². The SMILES string of the molecule is CCC(C)n1ccc(CC(N)Cc2nc(C)cs2)n1. The summed E-state index contributed by atoms with van der Waals surface area (Å²) in [6, 6.07) is 2.61. The fourth-order valence-corrected chi connectivity index (χ4v) is 2.85. The van der Waals surface area contributed by atoms with E-state index in [1.807, 2.05) is 17.8 Å². The maximum atomic E-state index is 6.18. The summed E-state index contributed by atoms with van der Waals surface area (Å²) in [6.45, 7) is 6.36. The van der Waals surface area contributed by atoms with Crippen molar-refractivity contribution in [2.45, 2.75) is 52.1 Å². The molecule has 0 spiro atoms. The maximum absolute atomic E-state index is 6.18. The molecule has 0 aliphatic carbocycles. The van der Waals surface area contributed by atoms with Gasteiger partial charge in [-0.2, -0.15) is 5.10 Å². The first-order valence-corrected chi connectivity index (χ1v) is 7.67. The minimum Gasteiger partial charge on any atom is -0.327 e. The summed E-state index contributed by atoms with van der Waals surface area (Å²) in [7, 11) is 0. The smallest absolute Gasteiger partial charge is 0.0943 e. The highest BCUT2D eigenvalue weighted by atomic mass is 32.1.